The maximum Gasteiger partial charge on any atom is 0.416 e. The topological polar surface area (TPSA) is 80.1 Å². The van der Waals surface area contributed by atoms with E-state index in [1.165, 1.54) is 40.0 Å². The van der Waals surface area contributed by atoms with Crippen LogP contribution in [0.2, 0.25) is 0 Å². The molecule has 4 rings (SSSR count). The van der Waals surface area contributed by atoms with Gasteiger partial charge < -0.3 is 10.2 Å². The van der Waals surface area contributed by atoms with Crippen molar-refractivity contribution in [3.63, 3.8) is 0 Å². The van der Waals surface area contributed by atoms with Gasteiger partial charge in [0.25, 0.3) is 11.8 Å². The lowest BCUT2D eigenvalue weighted by atomic mass is 10.1. The zero-order valence-electron chi connectivity index (χ0n) is 17.7. The molecular weight excluding hydrogens is 442 g/mol. The molecule has 0 bridgehead atoms. The van der Waals surface area contributed by atoms with Gasteiger partial charge in [0, 0.05) is 23.5 Å². The Morgan fingerprint density at radius 3 is 2.55 bits per heavy atom. The summed E-state index contributed by atoms with van der Waals surface area (Å²) in [6.45, 7) is 2.79. The minimum Gasteiger partial charge on any atom is -0.319 e. The molecule has 1 atom stereocenters. The molecule has 0 aliphatic carbocycles. The average Bonchev–Trinajstić information content (AvgIpc) is 3.19. The van der Waals surface area contributed by atoms with Crippen LogP contribution in [-0.4, -0.2) is 33.1 Å². The minimum absolute atomic E-state index is 0.0958. The van der Waals surface area contributed by atoms with E-state index in [2.05, 4.69) is 15.4 Å². The monoisotopic (exact) mass is 461 g/mol. The third-order valence-corrected chi connectivity index (χ3v) is 5.27. The van der Waals surface area contributed by atoms with Gasteiger partial charge in [-0.1, -0.05) is 0 Å². The van der Waals surface area contributed by atoms with E-state index in [1.54, 1.807) is 13.8 Å². The number of nitrogens with one attached hydrogen (secondary N) is 1. The number of halogens is 4. The Hall–Kier alpha value is -3.76. The summed E-state index contributed by atoms with van der Waals surface area (Å²) in [4.78, 5) is 31.3. The van der Waals surface area contributed by atoms with E-state index in [-0.39, 0.29) is 35.2 Å². The number of hydrogen-bond donors (Lipinski definition) is 1. The highest BCUT2D eigenvalue weighted by molar-refractivity contribution is 6.13. The van der Waals surface area contributed by atoms with Crippen molar-refractivity contribution in [2.24, 2.45) is 0 Å². The molecule has 2 aromatic heterocycles. The molecule has 7 nitrogen and oxygen atoms in total. The van der Waals surface area contributed by atoms with Crippen LogP contribution in [0.3, 0.4) is 0 Å². The van der Waals surface area contributed by atoms with Crippen molar-refractivity contribution in [2.75, 3.05) is 16.8 Å². The van der Waals surface area contributed by atoms with Crippen LogP contribution in [0.15, 0.2) is 42.6 Å². The van der Waals surface area contributed by atoms with Gasteiger partial charge in [-0.15, -0.1) is 0 Å². The predicted molar refractivity (Wildman–Crippen MR) is 112 cm³/mol. The van der Waals surface area contributed by atoms with Gasteiger partial charge in [0.05, 0.1) is 29.2 Å². The Balaban J connectivity index is 1.63. The third kappa shape index (κ3) is 4.30. The van der Waals surface area contributed by atoms with Crippen molar-refractivity contribution in [2.45, 2.75) is 32.7 Å². The minimum atomic E-state index is -4.48. The van der Waals surface area contributed by atoms with Gasteiger partial charge in [0.1, 0.15) is 6.67 Å². The molecular formula is C22H19F4N5O2. The quantitative estimate of drug-likeness (QED) is 0.579. The average molecular weight is 461 g/mol. The summed E-state index contributed by atoms with van der Waals surface area (Å²) in [6.07, 6.45) is -3.15. The summed E-state index contributed by atoms with van der Waals surface area (Å²) >= 11 is 0. The van der Waals surface area contributed by atoms with Crippen molar-refractivity contribution >= 4 is 23.2 Å². The van der Waals surface area contributed by atoms with E-state index >= 15 is 0 Å². The number of hydrogen-bond acceptors (Lipinski definition) is 4. The van der Waals surface area contributed by atoms with Crippen molar-refractivity contribution in [1.82, 2.24) is 14.8 Å². The number of benzene rings is 1. The maximum absolute atomic E-state index is 13.2. The number of nitrogens with zero attached hydrogens (tertiary/aromatic N) is 4. The van der Waals surface area contributed by atoms with Gasteiger partial charge >= 0.3 is 6.18 Å². The van der Waals surface area contributed by atoms with Crippen molar-refractivity contribution in [1.29, 1.82) is 0 Å². The molecule has 1 N–H and O–H groups in total. The molecule has 33 heavy (non-hydrogen) atoms. The lowest BCUT2D eigenvalue weighted by Gasteiger charge is -2.32. The zero-order chi connectivity index (χ0) is 23.9. The second-order valence-electron chi connectivity index (χ2n) is 7.74. The van der Waals surface area contributed by atoms with Gasteiger partial charge in [-0.2, -0.15) is 18.3 Å². The summed E-state index contributed by atoms with van der Waals surface area (Å²) in [5, 5.41) is 6.82. The number of alkyl halides is 4. The third-order valence-electron chi connectivity index (χ3n) is 5.27. The number of fused-ring (bicyclic) bond motifs is 1. The van der Waals surface area contributed by atoms with Crippen molar-refractivity contribution < 1.29 is 27.2 Å². The smallest absolute Gasteiger partial charge is 0.319 e. The number of aryl methyl sites for hydroxylation is 1. The van der Waals surface area contributed by atoms with E-state index in [0.717, 1.165) is 12.1 Å². The van der Waals surface area contributed by atoms with E-state index in [4.69, 9.17) is 0 Å². The largest absolute Gasteiger partial charge is 0.416 e. The molecule has 1 aliphatic rings. The van der Waals surface area contributed by atoms with Crippen LogP contribution in [0.25, 0.3) is 0 Å². The molecule has 172 valence electrons. The standard InChI is InChI=1S/C22H19F4N5O2/c1-12-7-14(8-16(9-23)28-12)20(32)29-18-10-27-31-13(2)11-30(21(33)19(18)31)17-5-3-15(4-6-17)22(24,25)26/h3-8,10,13H,9,11H2,1-2H3,(H,29,32). The summed E-state index contributed by atoms with van der Waals surface area (Å²) < 4.78 is 53.1. The number of amides is 2. The highest BCUT2D eigenvalue weighted by atomic mass is 19.4. The zero-order valence-corrected chi connectivity index (χ0v) is 17.7. The molecule has 1 aliphatic heterocycles. The Kier molecular flexibility index (Phi) is 5.64. The van der Waals surface area contributed by atoms with Crippen LogP contribution in [0, 0.1) is 6.92 Å². The van der Waals surface area contributed by atoms with Crippen LogP contribution in [0.5, 0.6) is 0 Å². The van der Waals surface area contributed by atoms with Crippen LogP contribution in [0.1, 0.15) is 50.8 Å². The normalized spacial score (nSPS) is 16.0. The lowest BCUT2D eigenvalue weighted by Crippen LogP contribution is -2.43. The van der Waals surface area contributed by atoms with Gasteiger partial charge in [-0.3, -0.25) is 19.3 Å². The summed E-state index contributed by atoms with van der Waals surface area (Å²) in [5.74, 6) is -1.09. The number of rotatable bonds is 4. The number of carbonyl (C=O) groups excluding carboxylic acids is 2. The number of aromatic nitrogens is 3. The molecule has 0 saturated heterocycles. The Bertz CT molecular complexity index is 1220. The summed E-state index contributed by atoms with van der Waals surface area (Å²) in [6, 6.07) is 6.80. The molecule has 11 heteroatoms. The van der Waals surface area contributed by atoms with Gasteiger partial charge in [-0.25, -0.2) is 4.39 Å². The first-order chi connectivity index (χ1) is 15.6. The SMILES string of the molecule is Cc1cc(C(=O)Nc2cnn3c2C(=O)N(c2ccc(C(F)(F)F)cc2)CC3C)cc(CF)n1. The highest BCUT2D eigenvalue weighted by Gasteiger charge is 2.35. The van der Waals surface area contributed by atoms with Crippen LogP contribution >= 0.6 is 0 Å². The Morgan fingerprint density at radius 2 is 1.91 bits per heavy atom. The fourth-order valence-corrected chi connectivity index (χ4v) is 3.74. The van der Waals surface area contributed by atoms with E-state index in [0.29, 0.717) is 11.4 Å². The molecule has 3 heterocycles. The fraction of sp³-hybridized carbons (Fsp3) is 0.273. The fourth-order valence-electron chi connectivity index (χ4n) is 3.74. The van der Waals surface area contributed by atoms with Crippen molar-refractivity contribution in [3.05, 3.63) is 70.8 Å². The van der Waals surface area contributed by atoms with Gasteiger partial charge in [0.15, 0.2) is 5.69 Å². The second kappa shape index (κ2) is 8.30. The number of pyridine rings is 1. The molecule has 0 spiro atoms. The van der Waals surface area contributed by atoms with E-state index < -0.39 is 30.2 Å². The Morgan fingerprint density at radius 1 is 1.21 bits per heavy atom. The number of carbonyl (C=O) groups is 2. The van der Waals surface area contributed by atoms with Crippen LogP contribution < -0.4 is 10.2 Å². The molecule has 0 radical (unpaired) electrons. The highest BCUT2D eigenvalue weighted by Crippen LogP contribution is 2.33. The van der Waals surface area contributed by atoms with E-state index in [9.17, 15) is 27.2 Å². The molecule has 2 amide bonds. The van der Waals surface area contributed by atoms with Crippen LogP contribution in [0.4, 0.5) is 28.9 Å². The lowest BCUT2D eigenvalue weighted by molar-refractivity contribution is -0.137. The molecule has 0 saturated carbocycles. The van der Waals surface area contributed by atoms with Crippen LogP contribution in [-0.2, 0) is 12.9 Å². The Labute approximate surface area is 186 Å². The maximum atomic E-state index is 13.2. The first-order valence-electron chi connectivity index (χ1n) is 10.00. The summed E-state index contributed by atoms with van der Waals surface area (Å²) in [7, 11) is 0. The molecule has 3 aromatic rings. The second-order valence-corrected chi connectivity index (χ2v) is 7.74. The molecule has 0 fully saturated rings. The van der Waals surface area contributed by atoms with Crippen molar-refractivity contribution in [3.8, 4) is 0 Å². The first-order valence-corrected chi connectivity index (χ1v) is 10.00. The summed E-state index contributed by atoms with van der Waals surface area (Å²) in [5.41, 5.74) is 0.457. The predicted octanol–water partition coefficient (Wildman–Crippen LogP) is 4.55. The molecule has 1 unspecified atom stereocenters. The number of anilines is 2. The molecule has 1 aromatic carbocycles. The van der Waals surface area contributed by atoms with Gasteiger partial charge in [0.2, 0.25) is 0 Å². The first kappa shape index (κ1) is 22.4. The van der Waals surface area contributed by atoms with Gasteiger partial charge in [-0.05, 0) is 50.2 Å². The van der Waals surface area contributed by atoms with E-state index in [1.807, 2.05) is 0 Å².